The molecule has 5 rings (SSSR count). The van der Waals surface area contributed by atoms with Crippen LogP contribution in [0.2, 0.25) is 0 Å². The lowest BCUT2D eigenvalue weighted by Gasteiger charge is -2.18. The van der Waals surface area contributed by atoms with Crippen molar-refractivity contribution in [2.45, 2.75) is 19.1 Å². The lowest BCUT2D eigenvalue weighted by molar-refractivity contribution is -0.112. The maximum Gasteiger partial charge on any atom is 0.249 e. The molecule has 1 aliphatic rings. The van der Waals surface area contributed by atoms with Gasteiger partial charge in [-0.25, -0.2) is 9.97 Å². The standard InChI is InChI=1S/C29H30N6O4/c1-35(2)13-10-28(36)34-26-15-24-25(16-27(26)39-23-11-14-37-18-23)31-19-32-29(24)33-20-6-8-22(9-7-20)38-17-21-5-3-4-12-30-21/h3-10,12-13,15-16,19,23H,11,14,17-18H2,1-2H3,(H,34,36)(H,31,32,33)/b13-10+/t23-/m0/s1. The second-order valence-corrected chi connectivity index (χ2v) is 9.22. The van der Waals surface area contributed by atoms with Gasteiger partial charge in [0.25, 0.3) is 0 Å². The van der Waals surface area contributed by atoms with Gasteiger partial charge in [0.05, 0.1) is 30.1 Å². The van der Waals surface area contributed by atoms with Crippen molar-refractivity contribution in [2.75, 3.05) is 37.9 Å². The number of fused-ring (bicyclic) bond motifs is 1. The van der Waals surface area contributed by atoms with Crippen LogP contribution in [0.1, 0.15) is 12.1 Å². The van der Waals surface area contributed by atoms with Gasteiger partial charge in [-0.1, -0.05) is 6.07 Å². The fourth-order valence-electron chi connectivity index (χ4n) is 3.97. The fraction of sp³-hybridized carbons (Fsp3) is 0.241. The van der Waals surface area contributed by atoms with Gasteiger partial charge in [-0.2, -0.15) is 0 Å². The second-order valence-electron chi connectivity index (χ2n) is 9.22. The molecule has 0 spiro atoms. The molecule has 10 heteroatoms. The summed E-state index contributed by atoms with van der Waals surface area (Å²) in [6.07, 6.45) is 7.08. The monoisotopic (exact) mass is 526 g/mol. The Kier molecular flexibility index (Phi) is 8.13. The van der Waals surface area contributed by atoms with Crippen LogP contribution in [0.5, 0.6) is 11.5 Å². The molecule has 1 fully saturated rings. The van der Waals surface area contributed by atoms with E-state index in [0.717, 1.165) is 28.9 Å². The number of nitrogens with zero attached hydrogens (tertiary/aromatic N) is 4. The van der Waals surface area contributed by atoms with Crippen molar-refractivity contribution in [2.24, 2.45) is 0 Å². The topological polar surface area (TPSA) is 111 Å². The van der Waals surface area contributed by atoms with Gasteiger partial charge < -0.3 is 29.7 Å². The van der Waals surface area contributed by atoms with Gasteiger partial charge in [0.2, 0.25) is 5.91 Å². The molecule has 39 heavy (non-hydrogen) atoms. The third kappa shape index (κ3) is 6.99. The number of carbonyl (C=O) groups is 1. The molecular formula is C29H30N6O4. The quantitative estimate of drug-likeness (QED) is 0.288. The third-order valence-electron chi connectivity index (χ3n) is 5.93. The summed E-state index contributed by atoms with van der Waals surface area (Å²) >= 11 is 0. The molecule has 10 nitrogen and oxygen atoms in total. The molecule has 2 N–H and O–H groups in total. The highest BCUT2D eigenvalue weighted by Crippen LogP contribution is 2.35. The summed E-state index contributed by atoms with van der Waals surface area (Å²) in [5.74, 6) is 1.58. The van der Waals surface area contributed by atoms with E-state index in [4.69, 9.17) is 14.2 Å². The van der Waals surface area contributed by atoms with Gasteiger partial charge in [-0.15, -0.1) is 0 Å². The average Bonchev–Trinajstić information content (AvgIpc) is 3.46. The van der Waals surface area contributed by atoms with Gasteiger partial charge in [0, 0.05) is 56.1 Å². The van der Waals surface area contributed by atoms with Gasteiger partial charge in [-0.3, -0.25) is 9.78 Å². The molecular weight excluding hydrogens is 496 g/mol. The molecule has 1 aliphatic heterocycles. The van der Waals surface area contributed by atoms with Crippen LogP contribution in [0.4, 0.5) is 17.2 Å². The number of carbonyl (C=O) groups excluding carboxylic acids is 1. The SMILES string of the molecule is CN(C)/C=C/C(=O)Nc1cc2c(Nc3ccc(OCc4ccccn4)cc3)ncnc2cc1O[C@H]1CCOC1. The first kappa shape index (κ1) is 25.9. The summed E-state index contributed by atoms with van der Waals surface area (Å²) in [5, 5.41) is 7.01. The zero-order valence-corrected chi connectivity index (χ0v) is 21.8. The molecule has 4 aromatic rings. The third-order valence-corrected chi connectivity index (χ3v) is 5.93. The van der Waals surface area contributed by atoms with E-state index in [-0.39, 0.29) is 12.0 Å². The van der Waals surface area contributed by atoms with Crippen LogP contribution in [-0.2, 0) is 16.1 Å². The van der Waals surface area contributed by atoms with Crippen molar-refractivity contribution in [1.29, 1.82) is 0 Å². The zero-order valence-electron chi connectivity index (χ0n) is 21.8. The number of nitrogens with one attached hydrogen (secondary N) is 2. The number of benzene rings is 2. The van der Waals surface area contributed by atoms with E-state index in [1.165, 1.54) is 12.4 Å². The van der Waals surface area contributed by atoms with Crippen molar-refractivity contribution in [3.8, 4) is 11.5 Å². The van der Waals surface area contributed by atoms with Gasteiger partial charge in [0.1, 0.15) is 36.4 Å². The largest absolute Gasteiger partial charge is 0.487 e. The molecule has 2 aromatic carbocycles. The lowest BCUT2D eigenvalue weighted by Crippen LogP contribution is -2.18. The summed E-state index contributed by atoms with van der Waals surface area (Å²) in [4.78, 5) is 27.6. The molecule has 2 aromatic heterocycles. The normalized spacial score (nSPS) is 14.9. The lowest BCUT2D eigenvalue weighted by atomic mass is 10.1. The predicted molar refractivity (Wildman–Crippen MR) is 149 cm³/mol. The molecule has 0 saturated carbocycles. The molecule has 200 valence electrons. The van der Waals surface area contributed by atoms with Crippen molar-refractivity contribution < 1.29 is 19.0 Å². The van der Waals surface area contributed by atoms with Crippen molar-refractivity contribution in [3.05, 3.63) is 85.1 Å². The number of anilines is 3. The van der Waals surface area contributed by atoms with Gasteiger partial charge >= 0.3 is 0 Å². The zero-order chi connectivity index (χ0) is 27.0. The predicted octanol–water partition coefficient (Wildman–Crippen LogP) is 4.53. The summed E-state index contributed by atoms with van der Waals surface area (Å²) in [6.45, 7) is 1.54. The Labute approximate surface area is 226 Å². The second kappa shape index (κ2) is 12.2. The summed E-state index contributed by atoms with van der Waals surface area (Å²) in [5.41, 5.74) is 2.89. The van der Waals surface area contributed by atoms with Crippen LogP contribution in [0.15, 0.2) is 79.4 Å². The van der Waals surface area contributed by atoms with Gasteiger partial charge in [0.15, 0.2) is 0 Å². The summed E-state index contributed by atoms with van der Waals surface area (Å²) in [6, 6.07) is 17.0. The summed E-state index contributed by atoms with van der Waals surface area (Å²) in [7, 11) is 3.70. The number of pyridine rings is 1. The first-order valence-electron chi connectivity index (χ1n) is 12.6. The summed E-state index contributed by atoms with van der Waals surface area (Å²) < 4.78 is 17.5. The Balaban J connectivity index is 1.37. The number of hydrogen-bond acceptors (Lipinski definition) is 9. The molecule has 1 saturated heterocycles. The van der Waals surface area contributed by atoms with Gasteiger partial charge in [-0.05, 0) is 42.5 Å². The van der Waals surface area contributed by atoms with E-state index >= 15 is 0 Å². The molecule has 0 bridgehead atoms. The Morgan fingerprint density at radius 3 is 2.74 bits per heavy atom. The van der Waals surface area contributed by atoms with Crippen LogP contribution in [0, 0.1) is 0 Å². The maximum atomic E-state index is 12.6. The van der Waals surface area contributed by atoms with Crippen LogP contribution in [-0.4, -0.2) is 59.2 Å². The minimum atomic E-state index is -0.275. The molecule has 1 atom stereocenters. The fourth-order valence-corrected chi connectivity index (χ4v) is 3.97. The maximum absolute atomic E-state index is 12.6. The molecule has 0 aliphatic carbocycles. The van der Waals surface area contributed by atoms with E-state index in [0.29, 0.717) is 42.6 Å². The highest BCUT2D eigenvalue weighted by molar-refractivity contribution is 6.03. The highest BCUT2D eigenvalue weighted by atomic mass is 16.5. The minimum absolute atomic E-state index is 0.0896. The number of ether oxygens (including phenoxy) is 3. The molecule has 3 heterocycles. The van der Waals surface area contributed by atoms with Crippen LogP contribution in [0.3, 0.4) is 0 Å². The average molecular weight is 527 g/mol. The molecule has 0 radical (unpaired) electrons. The van der Waals surface area contributed by atoms with E-state index in [1.54, 1.807) is 17.3 Å². The first-order valence-corrected chi connectivity index (χ1v) is 12.6. The smallest absolute Gasteiger partial charge is 0.249 e. The van der Waals surface area contributed by atoms with E-state index in [1.807, 2.05) is 68.7 Å². The van der Waals surface area contributed by atoms with Crippen molar-refractivity contribution in [1.82, 2.24) is 19.9 Å². The number of hydrogen-bond donors (Lipinski definition) is 2. The van der Waals surface area contributed by atoms with E-state index in [2.05, 4.69) is 25.6 Å². The van der Waals surface area contributed by atoms with Crippen LogP contribution in [0.25, 0.3) is 10.9 Å². The number of rotatable bonds is 10. The van der Waals surface area contributed by atoms with Crippen molar-refractivity contribution >= 4 is 34.0 Å². The van der Waals surface area contributed by atoms with Crippen LogP contribution >= 0.6 is 0 Å². The Morgan fingerprint density at radius 1 is 1.13 bits per heavy atom. The Hall–Kier alpha value is -4.70. The van der Waals surface area contributed by atoms with E-state index < -0.39 is 0 Å². The Morgan fingerprint density at radius 2 is 2.00 bits per heavy atom. The van der Waals surface area contributed by atoms with Crippen molar-refractivity contribution in [3.63, 3.8) is 0 Å². The minimum Gasteiger partial charge on any atom is -0.487 e. The Bertz CT molecular complexity index is 1440. The van der Waals surface area contributed by atoms with Crippen LogP contribution < -0.4 is 20.1 Å². The first-order chi connectivity index (χ1) is 19.0. The highest BCUT2D eigenvalue weighted by Gasteiger charge is 2.20. The number of amides is 1. The number of aromatic nitrogens is 3. The van der Waals surface area contributed by atoms with E-state index in [9.17, 15) is 4.79 Å². The molecule has 0 unspecified atom stereocenters. The molecule has 1 amide bonds.